The number of Topliss-reactive ketones (excluding diaryl/α,β-unsaturated/α-hetero) is 1. The minimum absolute atomic E-state index is 0.164. The molecule has 0 bridgehead atoms. The third-order valence-corrected chi connectivity index (χ3v) is 2.47. The summed E-state index contributed by atoms with van der Waals surface area (Å²) in [5.41, 5.74) is 0.516. The van der Waals surface area contributed by atoms with Gasteiger partial charge in [0.2, 0.25) is 5.91 Å². The van der Waals surface area contributed by atoms with E-state index >= 15 is 0 Å². The smallest absolute Gasteiger partial charge is 0.240 e. The van der Waals surface area contributed by atoms with Crippen LogP contribution in [0.5, 0.6) is 0 Å². The largest absolute Gasteiger partial charge is 0.343 e. The van der Waals surface area contributed by atoms with Gasteiger partial charge in [0, 0.05) is 0 Å². The number of hydrogen-bond donors (Lipinski definition) is 2. The van der Waals surface area contributed by atoms with Gasteiger partial charge in [-0.1, -0.05) is 13.8 Å². The predicted molar refractivity (Wildman–Crippen MR) is 60.4 cm³/mol. The van der Waals surface area contributed by atoms with Crippen LogP contribution in [-0.4, -0.2) is 23.3 Å². The maximum atomic E-state index is 12.4. The second-order valence-corrected chi connectivity index (χ2v) is 4.96. The van der Waals surface area contributed by atoms with Crippen LogP contribution >= 0.6 is 0 Å². The zero-order valence-corrected chi connectivity index (χ0v) is 10.6. The molecule has 0 aromatic rings. The number of carbonyl (C=O) groups is 2. The van der Waals surface area contributed by atoms with E-state index in [0.717, 1.165) is 0 Å². The van der Waals surface area contributed by atoms with Gasteiger partial charge in [-0.3, -0.25) is 9.59 Å². The first kappa shape index (κ1) is 15.0. The van der Waals surface area contributed by atoms with Gasteiger partial charge in [0.25, 0.3) is 0 Å². The minimum atomic E-state index is -0.955. The Kier molecular flexibility index (Phi) is 5.58. The first-order chi connectivity index (χ1) is 7.20. The fourth-order valence-corrected chi connectivity index (χ4v) is 1.16. The van der Waals surface area contributed by atoms with E-state index in [1.165, 1.54) is 12.5 Å². The summed E-state index contributed by atoms with van der Waals surface area (Å²) in [7, 11) is 0. The van der Waals surface area contributed by atoms with Crippen LogP contribution in [0.1, 0.15) is 41.0 Å². The topological polar surface area (TPSA) is 58.2 Å². The summed E-state index contributed by atoms with van der Waals surface area (Å²) in [6, 6.07) is -0.904. The average Bonchev–Trinajstić information content (AvgIpc) is 2.12. The van der Waals surface area contributed by atoms with Crippen LogP contribution in [-0.2, 0) is 9.59 Å². The van der Waals surface area contributed by atoms with Crippen molar-refractivity contribution >= 4 is 11.7 Å². The van der Waals surface area contributed by atoms with Crippen LogP contribution in [0.25, 0.3) is 0 Å². The van der Waals surface area contributed by atoms with Crippen LogP contribution in [0.15, 0.2) is 0 Å². The number of carbonyl (C=O) groups excluding carboxylic acids is 2. The van der Waals surface area contributed by atoms with E-state index in [-0.39, 0.29) is 11.7 Å². The molecular formula is C11H21FN2O2. The summed E-state index contributed by atoms with van der Waals surface area (Å²) < 4.78 is 12.4. The predicted octanol–water partition coefficient (Wildman–Crippen LogP) is 1.36. The molecule has 1 amide bonds. The standard InChI is InChI=1S/C11H21FN2O2/c1-7(2)6-9(14-12)10(16)13-11(4,5)8(3)15/h7,9,14H,6H2,1-5H3,(H,13,16). The molecular weight excluding hydrogens is 211 g/mol. The van der Waals surface area contributed by atoms with E-state index in [0.29, 0.717) is 6.42 Å². The maximum Gasteiger partial charge on any atom is 0.240 e. The Labute approximate surface area is 95.9 Å². The van der Waals surface area contributed by atoms with Gasteiger partial charge in [0.15, 0.2) is 5.78 Å². The van der Waals surface area contributed by atoms with Crippen molar-refractivity contribution in [3.63, 3.8) is 0 Å². The molecule has 0 aromatic heterocycles. The van der Waals surface area contributed by atoms with Crippen LogP contribution < -0.4 is 10.9 Å². The molecule has 0 heterocycles. The molecule has 2 N–H and O–H groups in total. The first-order valence-corrected chi connectivity index (χ1v) is 5.40. The van der Waals surface area contributed by atoms with Crippen molar-refractivity contribution in [2.24, 2.45) is 5.92 Å². The summed E-state index contributed by atoms with van der Waals surface area (Å²) in [6.45, 7) is 8.37. The Morgan fingerprint density at radius 1 is 1.31 bits per heavy atom. The lowest BCUT2D eigenvalue weighted by Crippen LogP contribution is -2.54. The minimum Gasteiger partial charge on any atom is -0.343 e. The van der Waals surface area contributed by atoms with Gasteiger partial charge in [0.1, 0.15) is 6.04 Å². The van der Waals surface area contributed by atoms with Crippen LogP contribution in [0.2, 0.25) is 0 Å². The SMILES string of the molecule is CC(=O)C(C)(C)NC(=O)C(CC(C)C)NF. The number of ketones is 1. The Morgan fingerprint density at radius 2 is 1.81 bits per heavy atom. The van der Waals surface area contributed by atoms with Crippen molar-refractivity contribution in [1.82, 2.24) is 10.9 Å². The Balaban J connectivity index is 4.48. The van der Waals surface area contributed by atoms with E-state index in [4.69, 9.17) is 0 Å². The molecule has 94 valence electrons. The Hall–Kier alpha value is -0.970. The highest BCUT2D eigenvalue weighted by Gasteiger charge is 2.29. The van der Waals surface area contributed by atoms with Crippen LogP contribution in [0.3, 0.4) is 0 Å². The molecule has 0 aliphatic carbocycles. The summed E-state index contributed by atoms with van der Waals surface area (Å²) in [6.07, 6.45) is 0.385. The lowest BCUT2D eigenvalue weighted by molar-refractivity contribution is -0.132. The summed E-state index contributed by atoms with van der Waals surface area (Å²) >= 11 is 0. The first-order valence-electron chi connectivity index (χ1n) is 5.40. The molecule has 0 saturated carbocycles. The number of rotatable bonds is 6. The molecule has 0 spiro atoms. The maximum absolute atomic E-state index is 12.4. The zero-order valence-electron chi connectivity index (χ0n) is 10.6. The van der Waals surface area contributed by atoms with Gasteiger partial charge >= 0.3 is 0 Å². The van der Waals surface area contributed by atoms with Gasteiger partial charge < -0.3 is 5.32 Å². The number of halogens is 1. The van der Waals surface area contributed by atoms with Crippen molar-refractivity contribution in [3.05, 3.63) is 0 Å². The van der Waals surface area contributed by atoms with Gasteiger partial charge in [0.05, 0.1) is 5.54 Å². The molecule has 1 atom stereocenters. The zero-order chi connectivity index (χ0) is 12.9. The van der Waals surface area contributed by atoms with E-state index in [1.807, 2.05) is 13.8 Å². The summed E-state index contributed by atoms with van der Waals surface area (Å²) in [5.74, 6) is -0.459. The Bertz CT molecular complexity index is 265. The number of amides is 1. The molecule has 0 aliphatic heterocycles. The van der Waals surface area contributed by atoms with Gasteiger partial charge in [-0.05, 0) is 33.1 Å². The van der Waals surface area contributed by atoms with Gasteiger partial charge in [-0.2, -0.15) is 0 Å². The highest BCUT2D eigenvalue weighted by atomic mass is 19.2. The molecule has 0 aliphatic rings. The van der Waals surface area contributed by atoms with Crippen molar-refractivity contribution in [2.45, 2.75) is 52.6 Å². The molecule has 0 aromatic carbocycles. The molecule has 0 radical (unpaired) electrons. The summed E-state index contributed by atoms with van der Waals surface area (Å²) in [4.78, 5) is 22.9. The highest BCUT2D eigenvalue weighted by molar-refractivity contribution is 5.92. The monoisotopic (exact) mass is 232 g/mol. The molecule has 5 heteroatoms. The van der Waals surface area contributed by atoms with Crippen LogP contribution in [0.4, 0.5) is 4.48 Å². The average molecular weight is 232 g/mol. The lowest BCUT2D eigenvalue weighted by Gasteiger charge is -2.26. The van der Waals surface area contributed by atoms with E-state index < -0.39 is 17.5 Å². The second kappa shape index (κ2) is 5.94. The third kappa shape index (κ3) is 4.70. The number of hydrogen-bond acceptors (Lipinski definition) is 3. The van der Waals surface area contributed by atoms with Crippen molar-refractivity contribution in [2.75, 3.05) is 0 Å². The molecule has 1 unspecified atom stereocenters. The van der Waals surface area contributed by atoms with Crippen molar-refractivity contribution in [3.8, 4) is 0 Å². The quantitative estimate of drug-likeness (QED) is 0.680. The normalized spacial score (nSPS) is 13.7. The summed E-state index contributed by atoms with van der Waals surface area (Å²) in [5, 5.41) is 2.52. The van der Waals surface area contributed by atoms with Gasteiger partial charge in [-0.25, -0.2) is 0 Å². The molecule has 16 heavy (non-hydrogen) atoms. The molecule has 0 saturated heterocycles. The second-order valence-electron chi connectivity index (χ2n) is 4.96. The highest BCUT2D eigenvalue weighted by Crippen LogP contribution is 2.08. The van der Waals surface area contributed by atoms with Crippen LogP contribution in [0, 0.1) is 5.92 Å². The molecule has 0 fully saturated rings. The Morgan fingerprint density at radius 3 is 2.12 bits per heavy atom. The molecule has 4 nitrogen and oxygen atoms in total. The lowest BCUT2D eigenvalue weighted by atomic mass is 9.98. The number of nitrogens with one attached hydrogen (secondary N) is 2. The third-order valence-electron chi connectivity index (χ3n) is 2.47. The van der Waals surface area contributed by atoms with Gasteiger partial charge in [-0.15, -0.1) is 10.0 Å². The fraction of sp³-hybridized carbons (Fsp3) is 0.818. The molecule has 0 rings (SSSR count). The van der Waals surface area contributed by atoms with E-state index in [2.05, 4.69) is 5.32 Å². The fourth-order valence-electron chi connectivity index (χ4n) is 1.16. The van der Waals surface area contributed by atoms with E-state index in [1.54, 1.807) is 13.8 Å². The van der Waals surface area contributed by atoms with Crippen molar-refractivity contribution in [1.29, 1.82) is 0 Å². The van der Waals surface area contributed by atoms with E-state index in [9.17, 15) is 14.1 Å². The van der Waals surface area contributed by atoms with Crippen molar-refractivity contribution < 1.29 is 14.1 Å².